The van der Waals surface area contributed by atoms with Crippen molar-refractivity contribution >= 4 is 0 Å². The van der Waals surface area contributed by atoms with Crippen LogP contribution in [0.25, 0.3) is 0 Å². The number of nitrogens with one attached hydrogen (secondary N) is 1. The monoisotopic (exact) mass is 212 g/mol. The zero-order valence-electron chi connectivity index (χ0n) is 9.80. The normalized spacial score (nSPS) is 34.8. The minimum absolute atomic E-state index is 0.166. The summed E-state index contributed by atoms with van der Waals surface area (Å²) in [5, 5.41) is 3.66. The molecule has 0 aromatic rings. The largest absolute Gasteiger partial charge is 0.377 e. The van der Waals surface area contributed by atoms with E-state index < -0.39 is 0 Å². The summed E-state index contributed by atoms with van der Waals surface area (Å²) in [7, 11) is 1.84. The van der Waals surface area contributed by atoms with E-state index in [1.807, 2.05) is 7.11 Å². The van der Waals surface area contributed by atoms with Gasteiger partial charge in [0.05, 0.1) is 5.60 Å². The number of nitrogens with two attached hydrogens (primary N) is 1. The lowest BCUT2D eigenvalue weighted by Crippen LogP contribution is -2.51. The van der Waals surface area contributed by atoms with Gasteiger partial charge in [-0.25, -0.2) is 0 Å². The van der Waals surface area contributed by atoms with Crippen LogP contribution in [0.3, 0.4) is 0 Å². The molecule has 0 heterocycles. The van der Waals surface area contributed by atoms with Gasteiger partial charge in [0, 0.05) is 25.7 Å². The molecule has 0 aromatic heterocycles. The SMILES string of the molecule is COC1(CNC2CCC(N)CC2)CCC1. The van der Waals surface area contributed by atoms with Gasteiger partial charge in [-0.2, -0.15) is 0 Å². The van der Waals surface area contributed by atoms with Crippen molar-refractivity contribution in [2.75, 3.05) is 13.7 Å². The lowest BCUT2D eigenvalue weighted by Gasteiger charge is -2.42. The number of hydrogen-bond acceptors (Lipinski definition) is 3. The third-order valence-electron chi connectivity index (χ3n) is 4.18. The zero-order chi connectivity index (χ0) is 10.7. The highest BCUT2D eigenvalue weighted by Gasteiger charge is 2.37. The molecule has 0 bridgehead atoms. The average Bonchev–Trinajstić information content (AvgIpc) is 2.20. The van der Waals surface area contributed by atoms with Gasteiger partial charge in [0.25, 0.3) is 0 Å². The van der Waals surface area contributed by atoms with Crippen LogP contribution in [-0.2, 0) is 4.74 Å². The van der Waals surface area contributed by atoms with Gasteiger partial charge in [-0.1, -0.05) is 0 Å². The lowest BCUT2D eigenvalue weighted by molar-refractivity contribution is -0.0714. The molecule has 2 aliphatic rings. The van der Waals surface area contributed by atoms with Crippen LogP contribution < -0.4 is 11.1 Å². The molecule has 0 radical (unpaired) electrons. The van der Waals surface area contributed by atoms with Crippen molar-refractivity contribution in [1.82, 2.24) is 5.32 Å². The molecule has 0 unspecified atom stereocenters. The van der Waals surface area contributed by atoms with E-state index in [-0.39, 0.29) is 5.60 Å². The summed E-state index contributed by atoms with van der Waals surface area (Å²) < 4.78 is 5.60. The van der Waals surface area contributed by atoms with Crippen LogP contribution in [0.4, 0.5) is 0 Å². The van der Waals surface area contributed by atoms with Crippen molar-refractivity contribution in [2.24, 2.45) is 5.73 Å². The quantitative estimate of drug-likeness (QED) is 0.741. The summed E-state index contributed by atoms with van der Waals surface area (Å²) in [6, 6.07) is 1.13. The summed E-state index contributed by atoms with van der Waals surface area (Å²) in [4.78, 5) is 0. The van der Waals surface area contributed by atoms with Crippen molar-refractivity contribution in [3.63, 3.8) is 0 Å². The first-order valence-corrected chi connectivity index (χ1v) is 6.28. The molecule has 0 atom stereocenters. The van der Waals surface area contributed by atoms with Gasteiger partial charge in [-0.15, -0.1) is 0 Å². The Morgan fingerprint density at radius 3 is 2.40 bits per heavy atom. The maximum atomic E-state index is 5.89. The standard InChI is InChI=1S/C12H24N2O/c1-15-12(7-2-8-12)9-14-11-5-3-10(13)4-6-11/h10-11,14H,2-9,13H2,1H3. The minimum atomic E-state index is 0.166. The van der Waals surface area contributed by atoms with E-state index in [1.54, 1.807) is 0 Å². The second kappa shape index (κ2) is 4.81. The lowest BCUT2D eigenvalue weighted by atomic mass is 9.79. The molecule has 2 aliphatic carbocycles. The van der Waals surface area contributed by atoms with Crippen LogP contribution in [-0.4, -0.2) is 31.3 Å². The predicted molar refractivity (Wildman–Crippen MR) is 61.8 cm³/mol. The minimum Gasteiger partial charge on any atom is -0.377 e. The Balaban J connectivity index is 1.69. The third-order valence-corrected chi connectivity index (χ3v) is 4.18. The van der Waals surface area contributed by atoms with Crippen molar-refractivity contribution in [3.05, 3.63) is 0 Å². The molecule has 0 saturated heterocycles. The summed E-state index contributed by atoms with van der Waals surface area (Å²) >= 11 is 0. The van der Waals surface area contributed by atoms with Crippen LogP contribution in [0.1, 0.15) is 44.9 Å². The highest BCUT2D eigenvalue weighted by Crippen LogP contribution is 2.34. The Morgan fingerprint density at radius 2 is 1.93 bits per heavy atom. The fraction of sp³-hybridized carbons (Fsp3) is 1.00. The summed E-state index contributed by atoms with van der Waals surface area (Å²) in [5.41, 5.74) is 6.06. The molecule has 0 amide bonds. The molecule has 2 fully saturated rings. The zero-order valence-corrected chi connectivity index (χ0v) is 9.80. The molecule has 0 aliphatic heterocycles. The molecule has 3 N–H and O–H groups in total. The Kier molecular flexibility index (Phi) is 3.65. The summed E-state index contributed by atoms with van der Waals surface area (Å²) in [5.74, 6) is 0. The Bertz CT molecular complexity index is 190. The van der Waals surface area contributed by atoms with Gasteiger partial charge in [0.15, 0.2) is 0 Å². The molecular formula is C12H24N2O. The molecule has 3 nitrogen and oxygen atoms in total. The second-order valence-electron chi connectivity index (χ2n) is 5.23. The van der Waals surface area contributed by atoms with Gasteiger partial charge in [-0.05, 0) is 44.9 Å². The van der Waals surface area contributed by atoms with E-state index in [4.69, 9.17) is 10.5 Å². The highest BCUT2D eigenvalue weighted by atomic mass is 16.5. The van der Waals surface area contributed by atoms with E-state index in [0.717, 1.165) is 6.54 Å². The van der Waals surface area contributed by atoms with E-state index in [0.29, 0.717) is 12.1 Å². The van der Waals surface area contributed by atoms with Crippen molar-refractivity contribution < 1.29 is 4.74 Å². The van der Waals surface area contributed by atoms with E-state index in [2.05, 4.69) is 5.32 Å². The number of ether oxygens (including phenoxy) is 1. The summed E-state index contributed by atoms with van der Waals surface area (Å²) in [6.45, 7) is 1.03. The molecule has 3 heteroatoms. The van der Waals surface area contributed by atoms with Gasteiger partial charge < -0.3 is 15.8 Å². The van der Waals surface area contributed by atoms with Crippen LogP contribution in [0.5, 0.6) is 0 Å². The van der Waals surface area contributed by atoms with Gasteiger partial charge in [0.1, 0.15) is 0 Å². The third kappa shape index (κ3) is 2.71. The molecule has 2 rings (SSSR count). The Hall–Kier alpha value is -0.120. The van der Waals surface area contributed by atoms with Gasteiger partial charge in [-0.3, -0.25) is 0 Å². The number of rotatable bonds is 4. The van der Waals surface area contributed by atoms with Gasteiger partial charge in [0.2, 0.25) is 0 Å². The first-order valence-electron chi connectivity index (χ1n) is 6.28. The van der Waals surface area contributed by atoms with E-state index in [9.17, 15) is 0 Å². The number of hydrogen-bond donors (Lipinski definition) is 2. The first kappa shape index (κ1) is 11.4. The fourth-order valence-corrected chi connectivity index (χ4v) is 2.68. The molecule has 0 aromatic carbocycles. The summed E-state index contributed by atoms with van der Waals surface area (Å²) in [6.07, 6.45) is 8.60. The van der Waals surface area contributed by atoms with E-state index >= 15 is 0 Å². The highest BCUT2D eigenvalue weighted by molar-refractivity contribution is 4.93. The fourth-order valence-electron chi connectivity index (χ4n) is 2.68. The first-order chi connectivity index (χ1) is 7.24. The van der Waals surface area contributed by atoms with E-state index in [1.165, 1.54) is 44.9 Å². The van der Waals surface area contributed by atoms with Crippen molar-refractivity contribution in [3.8, 4) is 0 Å². The molecule has 0 spiro atoms. The average molecular weight is 212 g/mol. The Morgan fingerprint density at radius 1 is 1.27 bits per heavy atom. The molecule has 88 valence electrons. The molecule has 15 heavy (non-hydrogen) atoms. The van der Waals surface area contributed by atoms with Gasteiger partial charge >= 0.3 is 0 Å². The van der Waals surface area contributed by atoms with Crippen LogP contribution in [0.2, 0.25) is 0 Å². The topological polar surface area (TPSA) is 47.3 Å². The maximum Gasteiger partial charge on any atom is 0.0802 e. The van der Waals surface area contributed by atoms with Crippen molar-refractivity contribution in [2.45, 2.75) is 62.6 Å². The molecule has 2 saturated carbocycles. The maximum absolute atomic E-state index is 5.89. The van der Waals surface area contributed by atoms with Crippen LogP contribution in [0, 0.1) is 0 Å². The Labute approximate surface area is 92.7 Å². The van der Waals surface area contributed by atoms with Crippen LogP contribution >= 0.6 is 0 Å². The number of methoxy groups -OCH3 is 1. The smallest absolute Gasteiger partial charge is 0.0802 e. The van der Waals surface area contributed by atoms with Crippen LogP contribution in [0.15, 0.2) is 0 Å². The predicted octanol–water partition coefficient (Wildman–Crippen LogP) is 1.41. The van der Waals surface area contributed by atoms with Crippen molar-refractivity contribution in [1.29, 1.82) is 0 Å². The molecular weight excluding hydrogens is 188 g/mol. The second-order valence-corrected chi connectivity index (χ2v) is 5.23.